The number of aliphatic hydroxyl groups excluding tert-OH is 1. The molecule has 4 nitrogen and oxygen atoms in total. The summed E-state index contributed by atoms with van der Waals surface area (Å²) in [6.45, 7) is 7.31. The van der Waals surface area contributed by atoms with E-state index >= 15 is 0 Å². The summed E-state index contributed by atoms with van der Waals surface area (Å²) in [6.07, 6.45) is 1.73. The van der Waals surface area contributed by atoms with E-state index in [1.165, 1.54) is 0 Å². The minimum Gasteiger partial charge on any atom is -0.394 e. The highest BCUT2D eigenvalue weighted by Gasteiger charge is 2.41. The van der Waals surface area contributed by atoms with Crippen molar-refractivity contribution in [3.63, 3.8) is 0 Å². The van der Waals surface area contributed by atoms with E-state index in [0.29, 0.717) is 0 Å². The number of hydrogen-bond acceptors (Lipinski definition) is 3. The molecule has 3 N–H and O–H groups in total. The first kappa shape index (κ1) is 12.5. The van der Waals surface area contributed by atoms with E-state index in [1.807, 2.05) is 20.8 Å². The number of rotatable bonds is 4. The molecule has 0 aromatic heterocycles. The molecule has 1 aliphatic rings. The molecule has 0 radical (unpaired) electrons. The Hall–Kier alpha value is -0.610. The quantitative estimate of drug-likeness (QED) is 0.629. The fraction of sp³-hybridized carbons (Fsp3) is 0.909. The van der Waals surface area contributed by atoms with Crippen LogP contribution in [0.4, 0.5) is 0 Å². The first-order valence-electron chi connectivity index (χ1n) is 5.60. The van der Waals surface area contributed by atoms with Crippen LogP contribution in [-0.2, 0) is 4.79 Å². The smallest absolute Gasteiger partial charge is 0.228 e. The van der Waals surface area contributed by atoms with Crippen molar-refractivity contribution in [2.45, 2.75) is 39.2 Å². The lowest BCUT2D eigenvalue weighted by atomic mass is 9.82. The molecule has 15 heavy (non-hydrogen) atoms. The Balaban J connectivity index is 2.66. The Morgan fingerprint density at radius 2 is 2.27 bits per heavy atom. The Kier molecular flexibility index (Phi) is 3.73. The van der Waals surface area contributed by atoms with E-state index in [9.17, 15) is 4.79 Å². The van der Waals surface area contributed by atoms with Gasteiger partial charge in [-0.2, -0.15) is 0 Å². The van der Waals surface area contributed by atoms with Gasteiger partial charge in [-0.15, -0.1) is 0 Å². The zero-order chi connectivity index (χ0) is 11.5. The summed E-state index contributed by atoms with van der Waals surface area (Å²) >= 11 is 0. The van der Waals surface area contributed by atoms with Crippen molar-refractivity contribution >= 4 is 5.91 Å². The molecule has 1 unspecified atom stereocenters. The van der Waals surface area contributed by atoms with Gasteiger partial charge in [-0.3, -0.25) is 4.79 Å². The van der Waals surface area contributed by atoms with E-state index in [1.54, 1.807) is 0 Å². The SMILES string of the molecule is CCC1(C(=O)NC(C)(C)CO)CCNC1. The second-order valence-corrected chi connectivity index (χ2v) is 5.06. The van der Waals surface area contributed by atoms with Gasteiger partial charge in [0.05, 0.1) is 17.6 Å². The molecule has 1 fully saturated rings. The van der Waals surface area contributed by atoms with E-state index < -0.39 is 5.54 Å². The van der Waals surface area contributed by atoms with Crippen molar-refractivity contribution in [3.05, 3.63) is 0 Å². The van der Waals surface area contributed by atoms with Gasteiger partial charge in [-0.05, 0) is 33.2 Å². The Labute approximate surface area is 91.4 Å². The minimum atomic E-state index is -0.526. The lowest BCUT2D eigenvalue weighted by Gasteiger charge is -2.31. The summed E-state index contributed by atoms with van der Waals surface area (Å²) in [6, 6.07) is 0. The molecule has 1 heterocycles. The Bertz CT molecular complexity index is 233. The predicted molar refractivity (Wildman–Crippen MR) is 59.5 cm³/mol. The normalized spacial score (nSPS) is 26.7. The summed E-state index contributed by atoms with van der Waals surface area (Å²) in [4.78, 5) is 12.1. The van der Waals surface area contributed by atoms with Gasteiger partial charge >= 0.3 is 0 Å². The van der Waals surface area contributed by atoms with Crippen molar-refractivity contribution < 1.29 is 9.90 Å². The van der Waals surface area contributed by atoms with Crippen LogP contribution in [0.15, 0.2) is 0 Å². The van der Waals surface area contributed by atoms with Crippen LogP contribution in [-0.4, -0.2) is 36.2 Å². The average Bonchev–Trinajstić information content (AvgIpc) is 2.66. The molecule has 1 saturated heterocycles. The summed E-state index contributed by atoms with van der Waals surface area (Å²) in [5.41, 5.74) is -0.797. The molecule has 0 saturated carbocycles. The molecular weight excluding hydrogens is 192 g/mol. The molecule has 88 valence electrons. The van der Waals surface area contributed by atoms with Crippen LogP contribution in [0, 0.1) is 5.41 Å². The number of hydrogen-bond donors (Lipinski definition) is 3. The lowest BCUT2D eigenvalue weighted by molar-refractivity contribution is -0.132. The van der Waals surface area contributed by atoms with Gasteiger partial charge in [0.2, 0.25) is 5.91 Å². The maximum absolute atomic E-state index is 12.1. The lowest BCUT2D eigenvalue weighted by Crippen LogP contribution is -2.53. The molecule has 1 aliphatic heterocycles. The number of carbonyl (C=O) groups is 1. The van der Waals surface area contributed by atoms with Crippen LogP contribution in [0.3, 0.4) is 0 Å². The zero-order valence-corrected chi connectivity index (χ0v) is 9.89. The molecule has 0 bridgehead atoms. The van der Waals surface area contributed by atoms with Crippen molar-refractivity contribution in [2.24, 2.45) is 5.41 Å². The highest BCUT2D eigenvalue weighted by atomic mass is 16.3. The van der Waals surface area contributed by atoms with Crippen LogP contribution in [0.2, 0.25) is 0 Å². The van der Waals surface area contributed by atoms with Crippen LogP contribution >= 0.6 is 0 Å². The molecule has 0 aromatic rings. The van der Waals surface area contributed by atoms with Crippen LogP contribution in [0.1, 0.15) is 33.6 Å². The minimum absolute atomic E-state index is 0.0358. The molecule has 0 aromatic carbocycles. The fourth-order valence-electron chi connectivity index (χ4n) is 1.88. The third kappa shape index (κ3) is 2.69. The van der Waals surface area contributed by atoms with Gasteiger partial charge in [0.25, 0.3) is 0 Å². The van der Waals surface area contributed by atoms with Crippen LogP contribution in [0.25, 0.3) is 0 Å². The van der Waals surface area contributed by atoms with E-state index in [2.05, 4.69) is 10.6 Å². The Morgan fingerprint density at radius 1 is 1.60 bits per heavy atom. The average molecular weight is 214 g/mol. The first-order chi connectivity index (χ1) is 6.96. The van der Waals surface area contributed by atoms with Crippen molar-refractivity contribution in [1.82, 2.24) is 10.6 Å². The molecule has 1 amide bonds. The maximum atomic E-state index is 12.1. The molecule has 1 rings (SSSR count). The van der Waals surface area contributed by atoms with Crippen molar-refractivity contribution in [3.8, 4) is 0 Å². The summed E-state index contributed by atoms with van der Waals surface area (Å²) in [5, 5.41) is 15.2. The second kappa shape index (κ2) is 4.49. The van der Waals surface area contributed by atoms with E-state index in [4.69, 9.17) is 5.11 Å². The molecule has 1 atom stereocenters. The summed E-state index contributed by atoms with van der Waals surface area (Å²) < 4.78 is 0. The first-order valence-corrected chi connectivity index (χ1v) is 5.60. The fourth-order valence-corrected chi connectivity index (χ4v) is 1.88. The van der Waals surface area contributed by atoms with Gasteiger partial charge in [0, 0.05) is 6.54 Å². The van der Waals surface area contributed by atoms with Gasteiger partial charge in [0.1, 0.15) is 0 Å². The van der Waals surface area contributed by atoms with Crippen LogP contribution < -0.4 is 10.6 Å². The number of aliphatic hydroxyl groups is 1. The third-order valence-corrected chi connectivity index (χ3v) is 3.25. The molecule has 0 aliphatic carbocycles. The van der Waals surface area contributed by atoms with Crippen molar-refractivity contribution in [1.29, 1.82) is 0 Å². The summed E-state index contributed by atoms with van der Waals surface area (Å²) in [7, 11) is 0. The van der Waals surface area contributed by atoms with Gasteiger partial charge in [0.15, 0.2) is 0 Å². The second-order valence-electron chi connectivity index (χ2n) is 5.06. The zero-order valence-electron chi connectivity index (χ0n) is 9.89. The van der Waals surface area contributed by atoms with Crippen molar-refractivity contribution in [2.75, 3.05) is 19.7 Å². The topological polar surface area (TPSA) is 61.4 Å². The summed E-state index contributed by atoms with van der Waals surface area (Å²) in [5.74, 6) is 0.0639. The highest BCUT2D eigenvalue weighted by molar-refractivity contribution is 5.83. The number of amides is 1. The number of carbonyl (C=O) groups excluding carboxylic acids is 1. The van der Waals surface area contributed by atoms with Gasteiger partial charge in [-0.25, -0.2) is 0 Å². The Morgan fingerprint density at radius 3 is 2.67 bits per heavy atom. The highest BCUT2D eigenvalue weighted by Crippen LogP contribution is 2.30. The molecular formula is C11H22N2O2. The number of nitrogens with one attached hydrogen (secondary N) is 2. The van der Waals surface area contributed by atoms with Crippen LogP contribution in [0.5, 0.6) is 0 Å². The maximum Gasteiger partial charge on any atom is 0.228 e. The van der Waals surface area contributed by atoms with E-state index in [0.717, 1.165) is 25.9 Å². The predicted octanol–water partition coefficient (Wildman–Crippen LogP) is 0.263. The van der Waals surface area contributed by atoms with E-state index in [-0.39, 0.29) is 17.9 Å². The third-order valence-electron chi connectivity index (χ3n) is 3.25. The largest absolute Gasteiger partial charge is 0.394 e. The molecule has 4 heteroatoms. The monoisotopic (exact) mass is 214 g/mol. The van der Waals surface area contributed by atoms with Gasteiger partial charge in [-0.1, -0.05) is 6.92 Å². The van der Waals surface area contributed by atoms with Gasteiger partial charge < -0.3 is 15.7 Å². The standard InChI is InChI=1S/C11H22N2O2/c1-4-11(5-6-12-7-11)9(15)13-10(2,3)8-14/h12,14H,4-8H2,1-3H3,(H,13,15). The molecule has 0 spiro atoms.